The van der Waals surface area contributed by atoms with E-state index in [2.05, 4.69) is 5.32 Å². The number of hydrogen-bond acceptors (Lipinski definition) is 4. The number of rotatable bonds is 5. The van der Waals surface area contributed by atoms with Gasteiger partial charge in [0, 0.05) is 13.1 Å². The van der Waals surface area contributed by atoms with Gasteiger partial charge in [-0.15, -0.1) is 0 Å². The molecule has 1 aliphatic heterocycles. The monoisotopic (exact) mass is 264 g/mol. The van der Waals surface area contributed by atoms with E-state index in [1.54, 1.807) is 14.2 Å². The SMILES string of the molecule is CNC1CCN(Cc2ccc(OC)c(OC)c2)C1=O. The summed E-state index contributed by atoms with van der Waals surface area (Å²) in [7, 11) is 5.04. The molecule has 1 amide bonds. The first-order chi connectivity index (χ1) is 9.19. The second-order valence-electron chi connectivity index (χ2n) is 4.58. The number of hydrogen-bond donors (Lipinski definition) is 1. The summed E-state index contributed by atoms with van der Waals surface area (Å²) in [5.74, 6) is 1.56. The van der Waals surface area contributed by atoms with Gasteiger partial charge in [0.25, 0.3) is 0 Å². The van der Waals surface area contributed by atoms with Gasteiger partial charge in [0.1, 0.15) is 0 Å². The molecule has 1 aliphatic rings. The second-order valence-corrected chi connectivity index (χ2v) is 4.58. The van der Waals surface area contributed by atoms with Crippen LogP contribution >= 0.6 is 0 Å². The van der Waals surface area contributed by atoms with Crippen molar-refractivity contribution in [3.63, 3.8) is 0 Å². The van der Waals surface area contributed by atoms with E-state index in [0.717, 1.165) is 18.5 Å². The van der Waals surface area contributed by atoms with Crippen LogP contribution in [0.1, 0.15) is 12.0 Å². The third-order valence-corrected chi connectivity index (χ3v) is 3.47. The zero-order chi connectivity index (χ0) is 13.8. The molecule has 1 saturated heterocycles. The highest BCUT2D eigenvalue weighted by Gasteiger charge is 2.30. The van der Waals surface area contributed by atoms with Crippen LogP contribution in [0.2, 0.25) is 0 Å². The number of likely N-dealkylation sites (tertiary alicyclic amines) is 1. The number of methoxy groups -OCH3 is 2. The third-order valence-electron chi connectivity index (χ3n) is 3.47. The lowest BCUT2D eigenvalue weighted by atomic mass is 10.2. The summed E-state index contributed by atoms with van der Waals surface area (Å²) in [5, 5.41) is 3.03. The molecular formula is C14H20N2O3. The molecule has 1 atom stereocenters. The van der Waals surface area contributed by atoms with Gasteiger partial charge in [0.05, 0.1) is 20.3 Å². The number of likely N-dealkylation sites (N-methyl/N-ethyl adjacent to an activating group) is 1. The molecule has 0 radical (unpaired) electrons. The van der Waals surface area contributed by atoms with Crippen molar-refractivity contribution in [2.24, 2.45) is 0 Å². The molecule has 5 nitrogen and oxygen atoms in total. The predicted octanol–water partition coefficient (Wildman–Crippen LogP) is 1.02. The average molecular weight is 264 g/mol. The lowest BCUT2D eigenvalue weighted by molar-refractivity contribution is -0.129. The first-order valence-electron chi connectivity index (χ1n) is 6.36. The van der Waals surface area contributed by atoms with Crippen LogP contribution < -0.4 is 14.8 Å². The Morgan fingerprint density at radius 1 is 1.32 bits per heavy atom. The molecule has 0 bridgehead atoms. The Kier molecular flexibility index (Phi) is 4.27. The molecule has 1 heterocycles. The van der Waals surface area contributed by atoms with Crippen molar-refractivity contribution < 1.29 is 14.3 Å². The van der Waals surface area contributed by atoms with E-state index < -0.39 is 0 Å². The average Bonchev–Trinajstić information content (AvgIpc) is 2.79. The molecule has 104 valence electrons. The van der Waals surface area contributed by atoms with Crippen LogP contribution in [-0.2, 0) is 11.3 Å². The van der Waals surface area contributed by atoms with Crippen molar-refractivity contribution >= 4 is 5.91 Å². The molecule has 0 aliphatic carbocycles. The van der Waals surface area contributed by atoms with Crippen LogP contribution in [0, 0.1) is 0 Å². The lowest BCUT2D eigenvalue weighted by Crippen LogP contribution is -2.35. The topological polar surface area (TPSA) is 50.8 Å². The lowest BCUT2D eigenvalue weighted by Gasteiger charge is -2.17. The molecular weight excluding hydrogens is 244 g/mol. The first kappa shape index (κ1) is 13.7. The van der Waals surface area contributed by atoms with Crippen LogP contribution in [0.5, 0.6) is 11.5 Å². The highest BCUT2D eigenvalue weighted by atomic mass is 16.5. The Morgan fingerprint density at radius 2 is 2.05 bits per heavy atom. The Balaban J connectivity index is 2.10. The van der Waals surface area contributed by atoms with Crippen LogP contribution in [0.15, 0.2) is 18.2 Å². The number of nitrogens with one attached hydrogen (secondary N) is 1. The van der Waals surface area contributed by atoms with E-state index in [-0.39, 0.29) is 11.9 Å². The van der Waals surface area contributed by atoms with Gasteiger partial charge in [0.15, 0.2) is 11.5 Å². The minimum atomic E-state index is -0.0415. The molecule has 0 aromatic heterocycles. The number of ether oxygens (including phenoxy) is 2. The van der Waals surface area contributed by atoms with Gasteiger partial charge in [-0.2, -0.15) is 0 Å². The zero-order valence-electron chi connectivity index (χ0n) is 11.6. The van der Waals surface area contributed by atoms with Crippen molar-refractivity contribution in [1.82, 2.24) is 10.2 Å². The van der Waals surface area contributed by atoms with E-state index in [1.165, 1.54) is 0 Å². The van der Waals surface area contributed by atoms with Crippen molar-refractivity contribution in [1.29, 1.82) is 0 Å². The number of benzene rings is 1. The molecule has 1 aromatic rings. The fourth-order valence-electron chi connectivity index (χ4n) is 2.36. The normalized spacial score (nSPS) is 18.8. The molecule has 0 saturated carbocycles. The largest absolute Gasteiger partial charge is 0.493 e. The van der Waals surface area contributed by atoms with Crippen LogP contribution in [0.3, 0.4) is 0 Å². The third kappa shape index (κ3) is 2.81. The smallest absolute Gasteiger partial charge is 0.240 e. The minimum Gasteiger partial charge on any atom is -0.493 e. The van der Waals surface area contributed by atoms with E-state index in [9.17, 15) is 4.79 Å². The Hall–Kier alpha value is -1.75. The highest BCUT2D eigenvalue weighted by Crippen LogP contribution is 2.28. The van der Waals surface area contributed by atoms with E-state index in [4.69, 9.17) is 9.47 Å². The van der Waals surface area contributed by atoms with Crippen LogP contribution in [-0.4, -0.2) is 44.7 Å². The standard InChI is InChI=1S/C14H20N2O3/c1-15-11-6-7-16(14(11)17)9-10-4-5-12(18-2)13(8-10)19-3/h4-5,8,11,15H,6-7,9H2,1-3H3. The maximum atomic E-state index is 12.0. The Morgan fingerprint density at radius 3 is 2.63 bits per heavy atom. The van der Waals surface area contributed by atoms with Crippen molar-refractivity contribution in [2.75, 3.05) is 27.8 Å². The van der Waals surface area contributed by atoms with Gasteiger partial charge in [-0.3, -0.25) is 4.79 Å². The molecule has 19 heavy (non-hydrogen) atoms. The summed E-state index contributed by atoms with van der Waals surface area (Å²) in [5.41, 5.74) is 1.04. The Bertz CT molecular complexity index is 462. The van der Waals surface area contributed by atoms with E-state index in [0.29, 0.717) is 18.0 Å². The molecule has 1 N–H and O–H groups in total. The maximum absolute atomic E-state index is 12.0. The fraction of sp³-hybridized carbons (Fsp3) is 0.500. The summed E-state index contributed by atoms with van der Waals surface area (Å²) in [4.78, 5) is 13.9. The molecule has 2 rings (SSSR count). The quantitative estimate of drug-likeness (QED) is 0.863. The van der Waals surface area contributed by atoms with Gasteiger partial charge in [0.2, 0.25) is 5.91 Å². The molecule has 1 fully saturated rings. The first-order valence-corrected chi connectivity index (χ1v) is 6.36. The van der Waals surface area contributed by atoms with Crippen LogP contribution in [0.25, 0.3) is 0 Å². The van der Waals surface area contributed by atoms with Crippen LogP contribution in [0.4, 0.5) is 0 Å². The van der Waals surface area contributed by atoms with Gasteiger partial charge in [-0.05, 0) is 31.2 Å². The van der Waals surface area contributed by atoms with Gasteiger partial charge in [-0.1, -0.05) is 6.07 Å². The highest BCUT2D eigenvalue weighted by molar-refractivity contribution is 5.83. The summed E-state index contributed by atoms with van der Waals surface area (Å²) >= 11 is 0. The molecule has 1 aromatic carbocycles. The van der Waals surface area contributed by atoms with Gasteiger partial charge < -0.3 is 19.7 Å². The molecule has 0 spiro atoms. The Labute approximate surface area is 113 Å². The number of carbonyl (C=O) groups excluding carboxylic acids is 1. The minimum absolute atomic E-state index is 0.0415. The van der Waals surface area contributed by atoms with Gasteiger partial charge >= 0.3 is 0 Å². The number of carbonyl (C=O) groups is 1. The number of amides is 1. The maximum Gasteiger partial charge on any atom is 0.240 e. The van der Waals surface area contributed by atoms with E-state index >= 15 is 0 Å². The summed E-state index contributed by atoms with van der Waals surface area (Å²) in [6, 6.07) is 5.70. The predicted molar refractivity (Wildman–Crippen MR) is 72.4 cm³/mol. The number of nitrogens with zero attached hydrogens (tertiary/aromatic N) is 1. The van der Waals surface area contributed by atoms with Gasteiger partial charge in [-0.25, -0.2) is 0 Å². The molecule has 5 heteroatoms. The summed E-state index contributed by atoms with van der Waals surface area (Å²) < 4.78 is 10.5. The summed E-state index contributed by atoms with van der Waals surface area (Å²) in [6.45, 7) is 1.40. The van der Waals surface area contributed by atoms with Crippen molar-refractivity contribution in [3.05, 3.63) is 23.8 Å². The second kappa shape index (κ2) is 5.93. The van der Waals surface area contributed by atoms with Crippen molar-refractivity contribution in [3.8, 4) is 11.5 Å². The molecule has 1 unspecified atom stereocenters. The zero-order valence-corrected chi connectivity index (χ0v) is 11.6. The summed E-state index contributed by atoms with van der Waals surface area (Å²) in [6.07, 6.45) is 0.864. The van der Waals surface area contributed by atoms with E-state index in [1.807, 2.05) is 30.1 Å². The fourth-order valence-corrected chi connectivity index (χ4v) is 2.36. The van der Waals surface area contributed by atoms with Crippen molar-refractivity contribution in [2.45, 2.75) is 19.0 Å².